The number of hydrogen-bond acceptors (Lipinski definition) is 2. The van der Waals surface area contributed by atoms with Crippen molar-refractivity contribution in [3.05, 3.63) is 48.0 Å². The van der Waals surface area contributed by atoms with E-state index in [2.05, 4.69) is 24.4 Å². The van der Waals surface area contributed by atoms with Crippen LogP contribution in [0.3, 0.4) is 0 Å². The normalized spacial score (nSPS) is 12.1. The molecule has 0 amide bonds. The number of aryl methyl sites for hydroxylation is 1. The van der Waals surface area contributed by atoms with Gasteiger partial charge in [0.1, 0.15) is 0 Å². The lowest BCUT2D eigenvalue weighted by Crippen LogP contribution is -2.02. The van der Waals surface area contributed by atoms with Crippen molar-refractivity contribution in [1.29, 1.82) is 0 Å². The zero-order chi connectivity index (χ0) is 10.3. The molecule has 0 aliphatic carbocycles. The molecule has 74 valence electrons. The van der Waals surface area contributed by atoms with Crippen LogP contribution in [0.1, 0.15) is 5.56 Å². The number of fused-ring (bicyclic) bond motifs is 2. The Morgan fingerprint density at radius 2 is 1.73 bits per heavy atom. The van der Waals surface area contributed by atoms with E-state index in [4.69, 9.17) is 4.74 Å². The Hall–Kier alpha value is -1.96. The van der Waals surface area contributed by atoms with Gasteiger partial charge in [-0.3, -0.25) is 0 Å². The van der Waals surface area contributed by atoms with Crippen molar-refractivity contribution < 1.29 is 4.74 Å². The quantitative estimate of drug-likeness (QED) is 0.591. The molecule has 2 nitrogen and oxygen atoms in total. The number of ether oxygens (including phenoxy) is 1. The summed E-state index contributed by atoms with van der Waals surface area (Å²) >= 11 is 0. The van der Waals surface area contributed by atoms with Gasteiger partial charge in [0.2, 0.25) is 0 Å². The van der Waals surface area contributed by atoms with Crippen LogP contribution in [0.15, 0.2) is 42.5 Å². The summed E-state index contributed by atoms with van der Waals surface area (Å²) in [6, 6.07) is 14.1. The predicted molar refractivity (Wildman–Crippen MR) is 61.0 cm³/mol. The molecule has 0 saturated heterocycles. The standard InChI is InChI=1S/C13H11NO/c1-9-6-7-13-11(8-9)14-10-4-2-3-5-12(10)15-13/h2-8,14H,1H3. The first-order valence-corrected chi connectivity index (χ1v) is 4.97. The van der Waals surface area contributed by atoms with Crippen LogP contribution in [0.4, 0.5) is 11.4 Å². The molecule has 2 aromatic carbocycles. The van der Waals surface area contributed by atoms with E-state index in [1.807, 2.05) is 30.3 Å². The first-order valence-electron chi connectivity index (χ1n) is 4.97. The smallest absolute Gasteiger partial charge is 0.150 e. The molecule has 0 fully saturated rings. The Balaban J connectivity index is 2.11. The SMILES string of the molecule is Cc1ccc2c(c1)Nc1ccccc1O2. The van der Waals surface area contributed by atoms with Crippen LogP contribution in [-0.2, 0) is 0 Å². The Kier molecular flexibility index (Phi) is 1.68. The van der Waals surface area contributed by atoms with Crippen LogP contribution in [0, 0.1) is 6.92 Å². The molecule has 0 spiro atoms. The number of hydrogen-bond donors (Lipinski definition) is 1. The summed E-state index contributed by atoms with van der Waals surface area (Å²) in [7, 11) is 0. The molecule has 0 unspecified atom stereocenters. The second-order valence-corrected chi connectivity index (χ2v) is 3.72. The Labute approximate surface area is 88.5 Å². The average Bonchev–Trinajstić information content (AvgIpc) is 2.26. The molecule has 1 aliphatic rings. The first-order chi connectivity index (χ1) is 7.33. The minimum atomic E-state index is 0.883. The highest BCUT2D eigenvalue weighted by atomic mass is 16.5. The van der Waals surface area contributed by atoms with Gasteiger partial charge in [-0.05, 0) is 36.8 Å². The number of benzene rings is 2. The van der Waals surface area contributed by atoms with Crippen molar-refractivity contribution in [2.75, 3.05) is 5.32 Å². The van der Waals surface area contributed by atoms with Crippen molar-refractivity contribution in [1.82, 2.24) is 0 Å². The molecule has 0 aromatic heterocycles. The minimum Gasteiger partial charge on any atom is -0.453 e. The third kappa shape index (κ3) is 1.34. The van der Waals surface area contributed by atoms with Crippen LogP contribution in [0.25, 0.3) is 0 Å². The van der Waals surface area contributed by atoms with Gasteiger partial charge in [0, 0.05) is 0 Å². The summed E-state index contributed by atoms with van der Waals surface area (Å²) in [6.45, 7) is 2.07. The van der Waals surface area contributed by atoms with Gasteiger partial charge in [-0.2, -0.15) is 0 Å². The van der Waals surface area contributed by atoms with Gasteiger partial charge >= 0.3 is 0 Å². The predicted octanol–water partition coefficient (Wildman–Crippen LogP) is 3.84. The molecule has 1 heterocycles. The van der Waals surface area contributed by atoms with Crippen molar-refractivity contribution in [2.45, 2.75) is 6.92 Å². The van der Waals surface area contributed by atoms with E-state index in [-0.39, 0.29) is 0 Å². The Morgan fingerprint density at radius 1 is 0.933 bits per heavy atom. The molecule has 0 bridgehead atoms. The zero-order valence-electron chi connectivity index (χ0n) is 8.45. The van der Waals surface area contributed by atoms with Crippen LogP contribution in [0.2, 0.25) is 0 Å². The molecule has 1 N–H and O–H groups in total. The maximum atomic E-state index is 5.77. The van der Waals surface area contributed by atoms with Crippen molar-refractivity contribution >= 4 is 11.4 Å². The van der Waals surface area contributed by atoms with Crippen molar-refractivity contribution in [3.63, 3.8) is 0 Å². The molecule has 15 heavy (non-hydrogen) atoms. The molecule has 0 radical (unpaired) electrons. The van der Waals surface area contributed by atoms with E-state index in [0.717, 1.165) is 22.9 Å². The largest absolute Gasteiger partial charge is 0.453 e. The molecule has 1 aliphatic heterocycles. The number of para-hydroxylation sites is 2. The fraction of sp³-hybridized carbons (Fsp3) is 0.0769. The molecule has 2 aromatic rings. The lowest BCUT2D eigenvalue weighted by Gasteiger charge is -2.21. The molecular formula is C13H11NO. The fourth-order valence-electron chi connectivity index (χ4n) is 1.75. The second kappa shape index (κ2) is 3.02. The van der Waals surface area contributed by atoms with Gasteiger partial charge in [0.25, 0.3) is 0 Å². The highest BCUT2D eigenvalue weighted by molar-refractivity contribution is 5.75. The zero-order valence-corrected chi connectivity index (χ0v) is 8.45. The van der Waals surface area contributed by atoms with Crippen molar-refractivity contribution in [3.8, 4) is 11.5 Å². The van der Waals surface area contributed by atoms with Gasteiger partial charge in [0.15, 0.2) is 11.5 Å². The highest BCUT2D eigenvalue weighted by Crippen LogP contribution is 2.41. The van der Waals surface area contributed by atoms with Crippen molar-refractivity contribution in [2.24, 2.45) is 0 Å². The average molecular weight is 197 g/mol. The second-order valence-electron chi connectivity index (χ2n) is 3.72. The molecule has 3 rings (SSSR count). The number of anilines is 2. The van der Waals surface area contributed by atoms with Gasteiger partial charge < -0.3 is 10.1 Å². The Morgan fingerprint density at radius 3 is 2.67 bits per heavy atom. The van der Waals surface area contributed by atoms with Crippen LogP contribution in [-0.4, -0.2) is 0 Å². The summed E-state index contributed by atoms with van der Waals surface area (Å²) < 4.78 is 5.77. The van der Waals surface area contributed by atoms with E-state index in [1.165, 1.54) is 5.56 Å². The van der Waals surface area contributed by atoms with Gasteiger partial charge in [-0.1, -0.05) is 18.2 Å². The van der Waals surface area contributed by atoms with Crippen LogP contribution >= 0.6 is 0 Å². The summed E-state index contributed by atoms with van der Waals surface area (Å²) in [5.74, 6) is 1.77. The van der Waals surface area contributed by atoms with E-state index in [9.17, 15) is 0 Å². The molecule has 0 saturated carbocycles. The monoisotopic (exact) mass is 197 g/mol. The minimum absolute atomic E-state index is 0.883. The first kappa shape index (κ1) is 8.36. The number of rotatable bonds is 0. The van der Waals surface area contributed by atoms with Gasteiger partial charge in [0.05, 0.1) is 11.4 Å². The third-order valence-corrected chi connectivity index (χ3v) is 2.51. The van der Waals surface area contributed by atoms with E-state index in [0.29, 0.717) is 0 Å². The lowest BCUT2D eigenvalue weighted by molar-refractivity contribution is 0.481. The van der Waals surface area contributed by atoms with Gasteiger partial charge in [-0.15, -0.1) is 0 Å². The third-order valence-electron chi connectivity index (χ3n) is 2.51. The number of nitrogens with one attached hydrogen (secondary N) is 1. The molecule has 0 atom stereocenters. The maximum absolute atomic E-state index is 5.77. The van der Waals surface area contributed by atoms with E-state index >= 15 is 0 Å². The maximum Gasteiger partial charge on any atom is 0.150 e. The van der Waals surface area contributed by atoms with E-state index in [1.54, 1.807) is 0 Å². The fourth-order valence-corrected chi connectivity index (χ4v) is 1.75. The topological polar surface area (TPSA) is 21.3 Å². The summed E-state index contributed by atoms with van der Waals surface area (Å²) in [6.07, 6.45) is 0. The summed E-state index contributed by atoms with van der Waals surface area (Å²) in [5, 5.41) is 3.36. The van der Waals surface area contributed by atoms with Gasteiger partial charge in [-0.25, -0.2) is 0 Å². The van der Waals surface area contributed by atoms with E-state index < -0.39 is 0 Å². The molecular weight excluding hydrogens is 186 g/mol. The lowest BCUT2D eigenvalue weighted by atomic mass is 10.1. The Bertz CT molecular complexity index is 520. The van der Waals surface area contributed by atoms with Crippen LogP contribution in [0.5, 0.6) is 11.5 Å². The molecule has 2 heteroatoms. The summed E-state index contributed by atoms with van der Waals surface area (Å²) in [4.78, 5) is 0. The summed E-state index contributed by atoms with van der Waals surface area (Å²) in [5.41, 5.74) is 3.29. The highest BCUT2D eigenvalue weighted by Gasteiger charge is 2.14. The van der Waals surface area contributed by atoms with Crippen LogP contribution < -0.4 is 10.1 Å².